The molecule has 0 atom stereocenters. The topological polar surface area (TPSA) is 0 Å². The van der Waals surface area contributed by atoms with E-state index in [1.807, 2.05) is 0 Å². The molecule has 0 saturated heterocycles. The van der Waals surface area contributed by atoms with Crippen LogP contribution in [0.15, 0.2) is 12.1 Å². The fourth-order valence-corrected chi connectivity index (χ4v) is 2.61. The number of hydrogen-bond acceptors (Lipinski definition) is 0. The van der Waals surface area contributed by atoms with Crippen molar-refractivity contribution in [1.82, 2.24) is 0 Å². The Morgan fingerprint density at radius 1 is 0.842 bits per heavy atom. The molecule has 0 nitrogen and oxygen atoms in total. The van der Waals surface area contributed by atoms with Crippen LogP contribution in [0.1, 0.15) is 89.0 Å². The van der Waals surface area contributed by atoms with Gasteiger partial charge in [0.2, 0.25) is 0 Å². The van der Waals surface area contributed by atoms with Gasteiger partial charge in [0.15, 0.2) is 0 Å². The Kier molecular flexibility index (Phi) is 4.76. The van der Waals surface area contributed by atoms with E-state index in [1.54, 1.807) is 12.1 Å². The van der Waals surface area contributed by atoms with E-state index in [9.17, 15) is 8.78 Å². The summed E-state index contributed by atoms with van der Waals surface area (Å²) in [5.41, 5.74) is 3.49. The highest BCUT2D eigenvalue weighted by molar-refractivity contribution is 5.46. The predicted octanol–water partition coefficient (Wildman–Crippen LogP) is 6.17. The molecule has 0 radical (unpaired) electrons. The molecule has 0 aliphatic heterocycles. The largest absolute Gasteiger partial charge is 0.263 e. The Labute approximate surface area is 116 Å². The summed E-state index contributed by atoms with van der Waals surface area (Å²) >= 11 is 0. The lowest BCUT2D eigenvalue weighted by Gasteiger charge is -2.30. The maximum Gasteiger partial charge on any atom is 0.263 e. The van der Waals surface area contributed by atoms with Crippen molar-refractivity contribution >= 4 is 0 Å². The van der Waals surface area contributed by atoms with Crippen LogP contribution in [0, 0.1) is 0 Å². The molecule has 0 unspecified atom stereocenters. The number of hydrogen-bond donors (Lipinski definition) is 0. The minimum atomic E-state index is -2.40. The maximum absolute atomic E-state index is 13.1. The fraction of sp³-hybridized carbons (Fsp3) is 0.647. The van der Waals surface area contributed by atoms with Gasteiger partial charge in [-0.25, -0.2) is 8.78 Å². The van der Waals surface area contributed by atoms with Gasteiger partial charge in [-0.2, -0.15) is 0 Å². The second-order valence-corrected chi connectivity index (χ2v) is 6.93. The minimum absolute atomic E-state index is 0.0279. The lowest BCUT2D eigenvalue weighted by molar-refractivity contribution is 0.151. The molecule has 1 aromatic rings. The minimum Gasteiger partial charge on any atom is -0.205 e. The summed E-state index contributed by atoms with van der Waals surface area (Å²) in [6, 6.07) is 3.39. The second-order valence-electron chi connectivity index (χ2n) is 6.93. The third-order valence-electron chi connectivity index (χ3n) is 3.47. The molecule has 0 aromatic heterocycles. The van der Waals surface area contributed by atoms with Gasteiger partial charge in [-0.15, -0.1) is 0 Å². The maximum atomic E-state index is 13.1. The standard InChI is InChI=1S/C17H26F2/c1-10(2)13-8-12(16(18)19)9-14(11(3)4)15(13)17(5,6)7/h8-11,16H,1-7H3. The molecule has 2 heteroatoms. The van der Waals surface area contributed by atoms with E-state index in [0.717, 1.165) is 11.1 Å². The summed E-state index contributed by atoms with van der Waals surface area (Å²) in [7, 11) is 0. The van der Waals surface area contributed by atoms with Crippen LogP contribution < -0.4 is 0 Å². The SMILES string of the molecule is CC(C)c1cc(C(F)F)cc(C(C)C)c1C(C)(C)C. The first-order chi connectivity index (χ1) is 8.55. The first-order valence-electron chi connectivity index (χ1n) is 7.02. The third-order valence-corrected chi connectivity index (χ3v) is 3.47. The Morgan fingerprint density at radius 2 is 1.21 bits per heavy atom. The van der Waals surface area contributed by atoms with Gasteiger partial charge in [0.1, 0.15) is 0 Å². The summed E-state index contributed by atoms with van der Waals surface area (Å²) < 4.78 is 26.2. The molecule has 1 rings (SSSR count). The van der Waals surface area contributed by atoms with Crippen molar-refractivity contribution in [2.75, 3.05) is 0 Å². The Hall–Kier alpha value is -0.920. The van der Waals surface area contributed by atoms with E-state index in [1.165, 1.54) is 5.56 Å². The average molecular weight is 268 g/mol. The molecule has 0 saturated carbocycles. The van der Waals surface area contributed by atoms with Gasteiger partial charge in [-0.05, 0) is 46.1 Å². The van der Waals surface area contributed by atoms with Crippen LogP contribution in [0.3, 0.4) is 0 Å². The van der Waals surface area contributed by atoms with Gasteiger partial charge < -0.3 is 0 Å². The van der Waals surface area contributed by atoms with Crippen LogP contribution in [-0.4, -0.2) is 0 Å². The molecule has 0 heterocycles. The van der Waals surface area contributed by atoms with E-state index >= 15 is 0 Å². The van der Waals surface area contributed by atoms with Crippen LogP contribution in [-0.2, 0) is 5.41 Å². The van der Waals surface area contributed by atoms with Gasteiger partial charge in [0, 0.05) is 5.56 Å². The monoisotopic (exact) mass is 268 g/mol. The van der Waals surface area contributed by atoms with Crippen LogP contribution in [0.2, 0.25) is 0 Å². The van der Waals surface area contributed by atoms with Crippen molar-refractivity contribution in [3.05, 3.63) is 34.4 Å². The van der Waals surface area contributed by atoms with Crippen molar-refractivity contribution in [3.63, 3.8) is 0 Å². The Bertz CT molecular complexity index is 408. The van der Waals surface area contributed by atoms with Gasteiger partial charge in [0.05, 0.1) is 0 Å². The van der Waals surface area contributed by atoms with Crippen LogP contribution in [0.5, 0.6) is 0 Å². The molecule has 1 aromatic carbocycles. The molecule has 0 bridgehead atoms. The normalized spacial score (nSPS) is 12.8. The van der Waals surface area contributed by atoms with Crippen molar-refractivity contribution in [2.45, 2.75) is 72.1 Å². The Balaban J connectivity index is 3.66. The molecule has 0 aliphatic rings. The summed E-state index contributed by atoms with van der Waals surface area (Å²) in [6.07, 6.45) is -2.40. The zero-order valence-electron chi connectivity index (χ0n) is 13.1. The first kappa shape index (κ1) is 16.1. The van der Waals surface area contributed by atoms with E-state index < -0.39 is 6.43 Å². The van der Waals surface area contributed by atoms with E-state index in [4.69, 9.17) is 0 Å². The number of halogens is 2. The molecular weight excluding hydrogens is 242 g/mol. The highest BCUT2D eigenvalue weighted by Crippen LogP contribution is 2.39. The summed E-state index contributed by atoms with van der Waals surface area (Å²) in [6.45, 7) is 14.8. The van der Waals surface area contributed by atoms with E-state index in [-0.39, 0.29) is 22.8 Å². The van der Waals surface area contributed by atoms with Crippen molar-refractivity contribution in [1.29, 1.82) is 0 Å². The first-order valence-corrected chi connectivity index (χ1v) is 7.02. The quantitative estimate of drug-likeness (QED) is 0.615. The molecule has 0 N–H and O–H groups in total. The van der Waals surface area contributed by atoms with Gasteiger partial charge in [-0.1, -0.05) is 48.5 Å². The highest BCUT2D eigenvalue weighted by atomic mass is 19.3. The highest BCUT2D eigenvalue weighted by Gasteiger charge is 2.26. The zero-order valence-corrected chi connectivity index (χ0v) is 13.1. The van der Waals surface area contributed by atoms with Crippen LogP contribution in [0.25, 0.3) is 0 Å². The molecular formula is C17H26F2. The second kappa shape index (κ2) is 5.60. The molecule has 0 amide bonds. The zero-order chi connectivity index (χ0) is 15.0. The van der Waals surface area contributed by atoms with Crippen LogP contribution in [0.4, 0.5) is 8.78 Å². The third kappa shape index (κ3) is 3.55. The molecule has 0 fully saturated rings. The lowest BCUT2D eigenvalue weighted by atomic mass is 9.75. The van der Waals surface area contributed by atoms with E-state index in [2.05, 4.69) is 48.5 Å². The number of benzene rings is 1. The molecule has 0 spiro atoms. The summed E-state index contributed by atoms with van der Waals surface area (Å²) in [5, 5.41) is 0. The van der Waals surface area contributed by atoms with Gasteiger partial charge >= 0.3 is 0 Å². The summed E-state index contributed by atoms with van der Waals surface area (Å²) in [4.78, 5) is 0. The number of rotatable bonds is 3. The average Bonchev–Trinajstić information content (AvgIpc) is 2.25. The van der Waals surface area contributed by atoms with Crippen molar-refractivity contribution < 1.29 is 8.78 Å². The number of alkyl halides is 2. The predicted molar refractivity (Wildman–Crippen MR) is 78.3 cm³/mol. The lowest BCUT2D eigenvalue weighted by Crippen LogP contribution is -2.19. The molecule has 19 heavy (non-hydrogen) atoms. The van der Waals surface area contributed by atoms with E-state index in [0.29, 0.717) is 0 Å². The Morgan fingerprint density at radius 3 is 1.42 bits per heavy atom. The fourth-order valence-electron chi connectivity index (χ4n) is 2.61. The van der Waals surface area contributed by atoms with Crippen molar-refractivity contribution in [3.8, 4) is 0 Å². The molecule has 108 valence electrons. The van der Waals surface area contributed by atoms with Crippen LogP contribution >= 0.6 is 0 Å². The summed E-state index contributed by atoms with van der Waals surface area (Å²) in [5.74, 6) is 0.510. The smallest absolute Gasteiger partial charge is 0.205 e. The van der Waals surface area contributed by atoms with Crippen molar-refractivity contribution in [2.24, 2.45) is 0 Å². The molecule has 0 aliphatic carbocycles. The van der Waals surface area contributed by atoms with Gasteiger partial charge in [0.25, 0.3) is 6.43 Å². The van der Waals surface area contributed by atoms with Gasteiger partial charge in [-0.3, -0.25) is 0 Å².